The Hall–Kier alpha value is -1.78. The fourth-order valence-corrected chi connectivity index (χ4v) is 2.70. The maximum Gasteiger partial charge on any atom is 0.416 e. The van der Waals surface area contributed by atoms with Gasteiger partial charge < -0.3 is 10.2 Å². The van der Waals surface area contributed by atoms with Crippen LogP contribution in [-0.4, -0.2) is 41.2 Å². The summed E-state index contributed by atoms with van der Waals surface area (Å²) in [6.45, 7) is 5.83. The molecule has 2 rings (SSSR count). The maximum absolute atomic E-state index is 12.7. The first kappa shape index (κ1) is 24.3. The molecule has 0 bridgehead atoms. The van der Waals surface area contributed by atoms with Crippen LogP contribution in [0.5, 0.6) is 0 Å². The van der Waals surface area contributed by atoms with Crippen molar-refractivity contribution in [2.24, 2.45) is 4.99 Å². The van der Waals surface area contributed by atoms with Gasteiger partial charge in [-0.05, 0) is 49.9 Å². The number of H-pyrrole nitrogens is 1. The maximum atomic E-state index is 12.7. The monoisotopic (exact) mass is 509 g/mol. The van der Waals surface area contributed by atoms with Crippen LogP contribution in [0.3, 0.4) is 0 Å². The van der Waals surface area contributed by atoms with Gasteiger partial charge in [-0.3, -0.25) is 10.1 Å². The highest BCUT2D eigenvalue weighted by Gasteiger charge is 2.29. The van der Waals surface area contributed by atoms with Crippen LogP contribution < -0.4 is 5.32 Å². The molecule has 0 amide bonds. The van der Waals surface area contributed by atoms with Gasteiger partial charge in [-0.1, -0.05) is 12.1 Å². The number of rotatable bonds is 7. The number of halogens is 4. The van der Waals surface area contributed by atoms with E-state index in [1.54, 1.807) is 0 Å². The Bertz CT molecular complexity index is 741. The van der Waals surface area contributed by atoms with Gasteiger partial charge in [0.25, 0.3) is 0 Å². The van der Waals surface area contributed by atoms with Gasteiger partial charge in [0, 0.05) is 32.4 Å². The van der Waals surface area contributed by atoms with E-state index in [2.05, 4.69) is 20.5 Å². The van der Waals surface area contributed by atoms with Crippen molar-refractivity contribution in [2.45, 2.75) is 39.4 Å². The summed E-state index contributed by atoms with van der Waals surface area (Å²) in [6, 6.07) is 5.23. The topological polar surface area (TPSA) is 56.3 Å². The number of aromatic amines is 1. The van der Waals surface area contributed by atoms with Crippen LogP contribution in [0.15, 0.2) is 35.5 Å². The number of aromatic nitrogens is 2. The zero-order valence-electron chi connectivity index (χ0n) is 16.3. The third-order valence-corrected chi connectivity index (χ3v) is 4.20. The van der Waals surface area contributed by atoms with Gasteiger partial charge >= 0.3 is 6.18 Å². The molecule has 156 valence electrons. The molecule has 2 N–H and O–H groups in total. The van der Waals surface area contributed by atoms with Crippen LogP contribution in [0.1, 0.15) is 35.7 Å². The molecular weight excluding hydrogens is 482 g/mol. The molecule has 0 saturated heterocycles. The normalized spacial score (nSPS) is 11.9. The number of nitrogens with one attached hydrogen (secondary N) is 2. The lowest BCUT2D eigenvalue weighted by atomic mass is 10.1. The molecule has 2 aromatic rings. The molecule has 0 aliphatic heterocycles. The van der Waals surface area contributed by atoms with Gasteiger partial charge in [-0.25, -0.2) is 0 Å². The third kappa shape index (κ3) is 7.33. The van der Waals surface area contributed by atoms with Crippen molar-refractivity contribution in [1.29, 1.82) is 0 Å². The number of nitrogens with zero attached hydrogens (tertiary/aromatic N) is 3. The van der Waals surface area contributed by atoms with Crippen LogP contribution in [0.2, 0.25) is 0 Å². The van der Waals surface area contributed by atoms with Crippen molar-refractivity contribution < 1.29 is 13.2 Å². The van der Waals surface area contributed by atoms with Gasteiger partial charge in [0.2, 0.25) is 0 Å². The van der Waals surface area contributed by atoms with Gasteiger partial charge in [0.1, 0.15) is 0 Å². The highest BCUT2D eigenvalue weighted by atomic mass is 127. The number of hydrogen-bond donors (Lipinski definition) is 2. The first-order chi connectivity index (χ1) is 12.8. The van der Waals surface area contributed by atoms with E-state index in [0.717, 1.165) is 48.7 Å². The Morgan fingerprint density at radius 2 is 1.93 bits per heavy atom. The van der Waals surface area contributed by atoms with Crippen LogP contribution >= 0.6 is 24.0 Å². The zero-order chi connectivity index (χ0) is 19.9. The number of hydrogen-bond acceptors (Lipinski definition) is 2. The molecule has 5 nitrogen and oxygen atoms in total. The summed E-state index contributed by atoms with van der Waals surface area (Å²) < 4.78 is 38.0. The quantitative estimate of drug-likeness (QED) is 0.252. The van der Waals surface area contributed by atoms with Crippen molar-refractivity contribution >= 4 is 29.9 Å². The number of aliphatic imine (C=N–C) groups is 1. The molecule has 1 aromatic heterocycles. The molecule has 0 atom stereocenters. The number of alkyl halides is 3. The van der Waals surface area contributed by atoms with Gasteiger partial charge in [0.05, 0.1) is 11.8 Å². The number of guanidine groups is 1. The van der Waals surface area contributed by atoms with E-state index in [1.807, 2.05) is 32.0 Å². The summed E-state index contributed by atoms with van der Waals surface area (Å²) in [7, 11) is 1.87. The van der Waals surface area contributed by atoms with Gasteiger partial charge in [-0.2, -0.15) is 18.3 Å². The lowest BCUT2D eigenvalue weighted by Crippen LogP contribution is -2.38. The Kier molecular flexibility index (Phi) is 9.77. The van der Waals surface area contributed by atoms with Crippen molar-refractivity contribution in [3.05, 3.63) is 52.8 Å². The average molecular weight is 509 g/mol. The Morgan fingerprint density at radius 3 is 2.46 bits per heavy atom. The van der Waals surface area contributed by atoms with E-state index >= 15 is 0 Å². The Morgan fingerprint density at radius 1 is 1.25 bits per heavy atom. The Balaban J connectivity index is 0.00000392. The summed E-state index contributed by atoms with van der Waals surface area (Å²) in [4.78, 5) is 6.53. The smallest absolute Gasteiger partial charge is 0.357 e. The first-order valence-corrected chi connectivity index (χ1v) is 8.95. The average Bonchev–Trinajstić information content (AvgIpc) is 3.02. The number of aryl methyl sites for hydroxylation is 2. The fraction of sp³-hybridized carbons (Fsp3) is 0.474. The van der Waals surface area contributed by atoms with Crippen LogP contribution in [0, 0.1) is 6.92 Å². The van der Waals surface area contributed by atoms with Crippen molar-refractivity contribution in [1.82, 2.24) is 20.4 Å². The standard InChI is InChI=1S/C19H26F3N5.HI/c1-4-23-18(24-11-5-6-16-12-25-26-14(16)2)27(3)13-15-7-9-17(10-8-15)19(20,21)22;/h7-10,12H,4-6,11,13H2,1-3H3,(H,23,24)(H,25,26);1H. The molecule has 1 heterocycles. The van der Waals surface area contributed by atoms with E-state index < -0.39 is 11.7 Å². The minimum absolute atomic E-state index is 0. The van der Waals surface area contributed by atoms with Crippen LogP contribution in [-0.2, 0) is 19.1 Å². The second-order valence-electron chi connectivity index (χ2n) is 6.41. The SMILES string of the molecule is CCNC(=NCCCc1cn[nH]c1C)N(C)Cc1ccc(C(F)(F)F)cc1.I. The summed E-state index contributed by atoms with van der Waals surface area (Å²) in [5, 5.41) is 10.2. The van der Waals surface area contributed by atoms with E-state index in [4.69, 9.17) is 0 Å². The molecule has 0 saturated carbocycles. The van der Waals surface area contributed by atoms with E-state index in [-0.39, 0.29) is 24.0 Å². The summed E-state index contributed by atoms with van der Waals surface area (Å²) in [6.07, 6.45) is -0.688. The molecule has 0 radical (unpaired) electrons. The van der Waals surface area contributed by atoms with Gasteiger partial charge in [0.15, 0.2) is 5.96 Å². The highest BCUT2D eigenvalue weighted by molar-refractivity contribution is 14.0. The molecular formula is C19H27F3IN5. The van der Waals surface area contributed by atoms with Crippen molar-refractivity contribution in [2.75, 3.05) is 20.1 Å². The fourth-order valence-electron chi connectivity index (χ4n) is 2.70. The highest BCUT2D eigenvalue weighted by Crippen LogP contribution is 2.29. The van der Waals surface area contributed by atoms with Crippen molar-refractivity contribution in [3.8, 4) is 0 Å². The van der Waals surface area contributed by atoms with E-state index in [1.165, 1.54) is 17.7 Å². The molecule has 28 heavy (non-hydrogen) atoms. The molecule has 9 heteroatoms. The predicted molar refractivity (Wildman–Crippen MR) is 116 cm³/mol. The summed E-state index contributed by atoms with van der Waals surface area (Å²) in [5.74, 6) is 0.737. The second-order valence-corrected chi connectivity index (χ2v) is 6.41. The lowest BCUT2D eigenvalue weighted by molar-refractivity contribution is -0.137. The first-order valence-electron chi connectivity index (χ1n) is 8.95. The lowest BCUT2D eigenvalue weighted by Gasteiger charge is -2.22. The minimum Gasteiger partial charge on any atom is -0.357 e. The molecule has 0 aliphatic rings. The zero-order valence-corrected chi connectivity index (χ0v) is 18.6. The van der Waals surface area contributed by atoms with Gasteiger partial charge in [-0.15, -0.1) is 24.0 Å². The molecule has 0 aliphatic carbocycles. The van der Waals surface area contributed by atoms with E-state index in [0.29, 0.717) is 13.1 Å². The van der Waals surface area contributed by atoms with Crippen LogP contribution in [0.25, 0.3) is 0 Å². The second kappa shape index (κ2) is 11.3. The molecule has 1 aromatic carbocycles. The molecule has 0 fully saturated rings. The minimum atomic E-state index is -4.31. The molecule has 0 spiro atoms. The van der Waals surface area contributed by atoms with Crippen molar-refractivity contribution in [3.63, 3.8) is 0 Å². The van der Waals surface area contributed by atoms with Crippen LogP contribution in [0.4, 0.5) is 13.2 Å². The predicted octanol–water partition coefficient (Wildman–Crippen LogP) is 4.39. The molecule has 0 unspecified atom stereocenters. The summed E-state index contributed by atoms with van der Waals surface area (Å²) in [5.41, 5.74) is 2.42. The van der Waals surface area contributed by atoms with E-state index in [9.17, 15) is 13.2 Å². The third-order valence-electron chi connectivity index (χ3n) is 4.20. The largest absolute Gasteiger partial charge is 0.416 e. The number of benzene rings is 1. The Labute approximate surface area is 180 Å². The summed E-state index contributed by atoms with van der Waals surface area (Å²) >= 11 is 0.